The molecule has 1 aromatic carbocycles. The lowest BCUT2D eigenvalue weighted by Gasteiger charge is -2.27. The highest BCUT2D eigenvalue weighted by atomic mass is 35.5. The number of amides is 1. The summed E-state index contributed by atoms with van der Waals surface area (Å²) >= 11 is 11.9. The maximum Gasteiger partial charge on any atom is 0.232 e. The fourth-order valence-corrected chi connectivity index (χ4v) is 2.12. The molecule has 0 atom stereocenters. The highest BCUT2D eigenvalue weighted by molar-refractivity contribution is 6.34. The molecule has 0 unspecified atom stereocenters. The zero-order chi connectivity index (χ0) is 12.5. The van der Waals surface area contributed by atoms with Gasteiger partial charge in [0, 0.05) is 24.1 Å². The van der Waals surface area contributed by atoms with Crippen LogP contribution < -0.4 is 0 Å². The SMILES string of the molecule is CN(C)C(=O)C(C)(C)c1cc(Cl)cc(Cl)c1. The standard InChI is InChI=1S/C12H15Cl2NO/c1-12(2,11(16)15(3)4)8-5-9(13)7-10(14)6-8/h5-7H,1-4H3. The monoisotopic (exact) mass is 259 g/mol. The number of rotatable bonds is 2. The van der Waals surface area contributed by atoms with Gasteiger partial charge in [0.05, 0.1) is 5.41 Å². The molecule has 0 aromatic heterocycles. The molecule has 4 heteroatoms. The summed E-state index contributed by atoms with van der Waals surface area (Å²) in [4.78, 5) is 13.6. The lowest BCUT2D eigenvalue weighted by molar-refractivity contribution is -0.133. The van der Waals surface area contributed by atoms with Gasteiger partial charge >= 0.3 is 0 Å². The largest absolute Gasteiger partial charge is 0.348 e. The molecule has 0 radical (unpaired) electrons. The first-order valence-electron chi connectivity index (χ1n) is 4.93. The molecular formula is C12H15Cl2NO. The van der Waals surface area contributed by atoms with Gasteiger partial charge in [0.2, 0.25) is 5.91 Å². The minimum absolute atomic E-state index is 0.0193. The van der Waals surface area contributed by atoms with E-state index in [1.807, 2.05) is 13.8 Å². The Bertz CT molecular complexity index is 393. The van der Waals surface area contributed by atoms with Crippen molar-refractivity contribution in [2.75, 3.05) is 14.1 Å². The quantitative estimate of drug-likeness (QED) is 0.798. The molecule has 0 aliphatic heterocycles. The maximum absolute atomic E-state index is 12.0. The van der Waals surface area contributed by atoms with Crippen molar-refractivity contribution in [3.8, 4) is 0 Å². The number of carbonyl (C=O) groups excluding carboxylic acids is 1. The van der Waals surface area contributed by atoms with E-state index < -0.39 is 5.41 Å². The summed E-state index contributed by atoms with van der Waals surface area (Å²) in [5, 5.41) is 1.09. The average Bonchev–Trinajstić information content (AvgIpc) is 2.14. The Labute approximate surface area is 106 Å². The third kappa shape index (κ3) is 2.69. The van der Waals surface area contributed by atoms with Crippen molar-refractivity contribution in [2.45, 2.75) is 19.3 Å². The van der Waals surface area contributed by atoms with Crippen LogP contribution in [0.15, 0.2) is 18.2 Å². The van der Waals surface area contributed by atoms with Crippen molar-refractivity contribution < 1.29 is 4.79 Å². The second kappa shape index (κ2) is 4.64. The van der Waals surface area contributed by atoms with E-state index in [2.05, 4.69) is 0 Å². The Hall–Kier alpha value is -0.730. The highest BCUT2D eigenvalue weighted by Crippen LogP contribution is 2.30. The molecule has 0 bridgehead atoms. The van der Waals surface area contributed by atoms with E-state index >= 15 is 0 Å². The molecule has 1 aromatic rings. The molecule has 2 nitrogen and oxygen atoms in total. The van der Waals surface area contributed by atoms with Crippen LogP contribution in [0.2, 0.25) is 10.0 Å². The van der Waals surface area contributed by atoms with Gasteiger partial charge < -0.3 is 4.90 Å². The zero-order valence-electron chi connectivity index (χ0n) is 9.84. The minimum atomic E-state index is -0.627. The minimum Gasteiger partial charge on any atom is -0.348 e. The molecule has 0 aliphatic carbocycles. The molecule has 16 heavy (non-hydrogen) atoms. The van der Waals surface area contributed by atoms with Gasteiger partial charge in [0.1, 0.15) is 0 Å². The summed E-state index contributed by atoms with van der Waals surface area (Å²) in [5.41, 5.74) is 0.196. The van der Waals surface area contributed by atoms with E-state index in [0.29, 0.717) is 10.0 Å². The zero-order valence-corrected chi connectivity index (χ0v) is 11.4. The number of hydrogen-bond acceptors (Lipinski definition) is 1. The fourth-order valence-electron chi connectivity index (χ4n) is 1.60. The molecule has 0 aliphatic rings. The van der Waals surface area contributed by atoms with E-state index in [1.54, 1.807) is 37.2 Å². The number of carbonyl (C=O) groups is 1. The number of hydrogen-bond donors (Lipinski definition) is 0. The fraction of sp³-hybridized carbons (Fsp3) is 0.417. The highest BCUT2D eigenvalue weighted by Gasteiger charge is 2.31. The molecule has 0 fully saturated rings. The van der Waals surface area contributed by atoms with E-state index in [0.717, 1.165) is 5.56 Å². The van der Waals surface area contributed by atoms with Crippen molar-refractivity contribution in [3.05, 3.63) is 33.8 Å². The lowest BCUT2D eigenvalue weighted by Crippen LogP contribution is -2.39. The van der Waals surface area contributed by atoms with Crippen molar-refractivity contribution in [2.24, 2.45) is 0 Å². The van der Waals surface area contributed by atoms with Crippen molar-refractivity contribution in [1.29, 1.82) is 0 Å². The van der Waals surface area contributed by atoms with Crippen molar-refractivity contribution in [3.63, 3.8) is 0 Å². The van der Waals surface area contributed by atoms with Crippen LogP contribution in [-0.4, -0.2) is 24.9 Å². The van der Waals surface area contributed by atoms with E-state index in [9.17, 15) is 4.79 Å². The van der Waals surface area contributed by atoms with Gasteiger partial charge in [-0.2, -0.15) is 0 Å². The first kappa shape index (κ1) is 13.3. The molecule has 0 saturated heterocycles. The summed E-state index contributed by atoms with van der Waals surface area (Å²) in [5.74, 6) is 0.0193. The van der Waals surface area contributed by atoms with Crippen molar-refractivity contribution >= 4 is 29.1 Å². The van der Waals surface area contributed by atoms with Gasteiger partial charge in [-0.25, -0.2) is 0 Å². The smallest absolute Gasteiger partial charge is 0.232 e. The Balaban J connectivity index is 3.21. The molecule has 0 saturated carbocycles. The Kier molecular flexibility index (Phi) is 3.87. The van der Waals surface area contributed by atoms with Gasteiger partial charge in [-0.15, -0.1) is 0 Å². The third-order valence-electron chi connectivity index (χ3n) is 2.53. The molecule has 1 rings (SSSR count). The van der Waals surface area contributed by atoms with Crippen LogP contribution >= 0.6 is 23.2 Å². The van der Waals surface area contributed by atoms with Gasteiger partial charge in [-0.3, -0.25) is 4.79 Å². The van der Waals surface area contributed by atoms with Crippen LogP contribution in [-0.2, 0) is 10.2 Å². The van der Waals surface area contributed by atoms with Gasteiger partial charge in [-0.1, -0.05) is 23.2 Å². The lowest BCUT2D eigenvalue weighted by atomic mass is 9.83. The maximum atomic E-state index is 12.0. The number of likely N-dealkylation sites (N-methyl/N-ethyl adjacent to an activating group) is 1. The first-order valence-corrected chi connectivity index (χ1v) is 5.69. The normalized spacial score (nSPS) is 11.4. The molecule has 1 amide bonds. The Morgan fingerprint density at radius 3 is 1.94 bits per heavy atom. The summed E-state index contributed by atoms with van der Waals surface area (Å²) in [6, 6.07) is 5.20. The predicted molar refractivity (Wildman–Crippen MR) is 68.2 cm³/mol. The van der Waals surface area contributed by atoms with Crippen LogP contribution in [0, 0.1) is 0 Å². The topological polar surface area (TPSA) is 20.3 Å². The summed E-state index contributed by atoms with van der Waals surface area (Å²) in [6.45, 7) is 3.72. The molecule has 0 heterocycles. The van der Waals surface area contributed by atoms with E-state index in [1.165, 1.54) is 0 Å². The third-order valence-corrected chi connectivity index (χ3v) is 2.96. The first-order chi connectivity index (χ1) is 7.25. The second-order valence-electron chi connectivity index (χ2n) is 4.48. The van der Waals surface area contributed by atoms with Gasteiger partial charge in [0.15, 0.2) is 0 Å². The second-order valence-corrected chi connectivity index (χ2v) is 5.36. The molecular weight excluding hydrogens is 245 g/mol. The van der Waals surface area contributed by atoms with Crippen LogP contribution in [0.1, 0.15) is 19.4 Å². The van der Waals surface area contributed by atoms with E-state index in [-0.39, 0.29) is 5.91 Å². The summed E-state index contributed by atoms with van der Waals surface area (Å²) < 4.78 is 0. The molecule has 88 valence electrons. The van der Waals surface area contributed by atoms with Gasteiger partial charge in [0.25, 0.3) is 0 Å². The number of nitrogens with zero attached hydrogens (tertiary/aromatic N) is 1. The molecule has 0 N–H and O–H groups in total. The summed E-state index contributed by atoms with van der Waals surface area (Å²) in [7, 11) is 3.46. The van der Waals surface area contributed by atoms with Crippen molar-refractivity contribution in [1.82, 2.24) is 4.90 Å². The Morgan fingerprint density at radius 1 is 1.12 bits per heavy atom. The van der Waals surface area contributed by atoms with Crippen LogP contribution in [0.25, 0.3) is 0 Å². The van der Waals surface area contributed by atoms with E-state index in [4.69, 9.17) is 23.2 Å². The summed E-state index contributed by atoms with van der Waals surface area (Å²) in [6.07, 6.45) is 0. The van der Waals surface area contributed by atoms with Crippen LogP contribution in [0.4, 0.5) is 0 Å². The van der Waals surface area contributed by atoms with Crippen LogP contribution in [0.3, 0.4) is 0 Å². The number of halogens is 2. The molecule has 0 spiro atoms. The van der Waals surface area contributed by atoms with Crippen LogP contribution in [0.5, 0.6) is 0 Å². The van der Waals surface area contributed by atoms with Gasteiger partial charge in [-0.05, 0) is 37.6 Å². The number of benzene rings is 1. The average molecular weight is 260 g/mol. The predicted octanol–water partition coefficient (Wildman–Crippen LogP) is 3.36. The Morgan fingerprint density at radius 2 is 1.56 bits per heavy atom.